The number of nitrogens with two attached hydrogens (primary N) is 1. The van der Waals surface area contributed by atoms with Gasteiger partial charge in [0.05, 0.1) is 18.3 Å². The lowest BCUT2D eigenvalue weighted by atomic mass is 10.1. The number of nitrogen functional groups attached to an aromatic ring is 1. The van der Waals surface area contributed by atoms with Crippen LogP contribution in [0.25, 0.3) is 16.8 Å². The number of rotatable bonds is 6. The number of aromatic nitrogens is 4. The summed E-state index contributed by atoms with van der Waals surface area (Å²) in [5, 5.41) is 3.37. The fraction of sp³-hybridized carbons (Fsp3) is 0.233. The molecule has 1 fully saturated rings. The predicted molar refractivity (Wildman–Crippen MR) is 158 cm³/mol. The first kappa shape index (κ1) is 27.3. The number of benzene rings is 2. The minimum Gasteiger partial charge on any atom is -0.445 e. The maximum absolute atomic E-state index is 14.8. The second-order valence-electron chi connectivity index (χ2n) is 10.1. The number of likely N-dealkylation sites (tertiary alicyclic amines) is 1. The zero-order valence-corrected chi connectivity index (χ0v) is 23.8. The predicted octanol–water partition coefficient (Wildman–Crippen LogP) is 5.73. The molecule has 0 aliphatic carbocycles. The summed E-state index contributed by atoms with van der Waals surface area (Å²) in [6, 6.07) is 15.5. The number of nitrogens with zero attached hydrogens (tertiary/aromatic N) is 5. The Bertz CT molecular complexity index is 1750. The van der Waals surface area contributed by atoms with Crippen LogP contribution < -0.4 is 11.1 Å². The number of aryl methyl sites for hydroxylation is 2. The van der Waals surface area contributed by atoms with Crippen molar-refractivity contribution in [2.45, 2.75) is 39.1 Å². The van der Waals surface area contributed by atoms with Crippen LogP contribution in [0.5, 0.6) is 0 Å². The Labute approximate surface area is 245 Å². The van der Waals surface area contributed by atoms with Gasteiger partial charge in [0, 0.05) is 34.8 Å². The number of carbonyl (C=O) groups is 2. The van der Waals surface area contributed by atoms with Crippen molar-refractivity contribution in [3.63, 3.8) is 0 Å². The molecule has 6 rings (SSSR count). The summed E-state index contributed by atoms with van der Waals surface area (Å²) in [5.41, 5.74) is 10.2. The van der Waals surface area contributed by atoms with E-state index >= 15 is 0 Å². The highest BCUT2D eigenvalue weighted by atomic mass is 32.1. The summed E-state index contributed by atoms with van der Waals surface area (Å²) in [6.07, 6.45) is 1.43. The van der Waals surface area contributed by atoms with Crippen molar-refractivity contribution in [2.24, 2.45) is 0 Å². The van der Waals surface area contributed by atoms with Gasteiger partial charge in [-0.3, -0.25) is 19.4 Å². The molecule has 3 N–H and O–H groups in total. The van der Waals surface area contributed by atoms with E-state index in [2.05, 4.69) is 15.3 Å². The number of imidazole rings is 1. The van der Waals surface area contributed by atoms with E-state index in [1.165, 1.54) is 22.4 Å². The maximum atomic E-state index is 14.8. The number of anilines is 2. The molecule has 3 aromatic heterocycles. The van der Waals surface area contributed by atoms with Gasteiger partial charge in [0.2, 0.25) is 0 Å². The molecule has 4 heterocycles. The molecule has 0 spiro atoms. The standard InChI is InChI=1S/C30H28FN7O3S/c1-17-18(2)42-29(34-17)36-28(39)21-10-8-20(9-11-21)24-25-26(32)33-12-13-37(25)27(35-24)23-14-22(31)15-38(23)30(40)41-16-19-6-4-3-5-7-19/h3-13,22-23H,14-16H2,1-2H3,(H2,32,33)(H,34,36,39)/t22-,23-/m0/s1. The number of hydrogen-bond acceptors (Lipinski definition) is 8. The zero-order valence-electron chi connectivity index (χ0n) is 23.0. The van der Waals surface area contributed by atoms with E-state index in [-0.39, 0.29) is 31.3 Å². The summed E-state index contributed by atoms with van der Waals surface area (Å²) < 4.78 is 22.0. The van der Waals surface area contributed by atoms with Gasteiger partial charge in [-0.1, -0.05) is 42.5 Å². The molecule has 214 valence electrons. The average molecular weight is 586 g/mol. The van der Waals surface area contributed by atoms with Gasteiger partial charge in [0.1, 0.15) is 35.6 Å². The SMILES string of the molecule is Cc1nc(NC(=O)c2ccc(-c3nc([C@@H]4C[C@H](F)CN4C(=O)OCc4ccccc4)n4ccnc(N)c34)cc2)sc1C. The van der Waals surface area contributed by atoms with E-state index in [0.717, 1.165) is 16.1 Å². The van der Waals surface area contributed by atoms with E-state index in [0.29, 0.717) is 33.3 Å². The third-order valence-corrected chi connectivity index (χ3v) is 8.26. The number of hydrogen-bond donors (Lipinski definition) is 2. The molecule has 12 heteroatoms. The monoisotopic (exact) mass is 585 g/mol. The van der Waals surface area contributed by atoms with Gasteiger partial charge in [-0.25, -0.2) is 24.1 Å². The molecule has 42 heavy (non-hydrogen) atoms. The second kappa shape index (κ2) is 11.2. The van der Waals surface area contributed by atoms with E-state index in [9.17, 15) is 14.0 Å². The molecular weight excluding hydrogens is 557 g/mol. The van der Waals surface area contributed by atoms with Crippen molar-refractivity contribution in [3.8, 4) is 11.3 Å². The first-order chi connectivity index (χ1) is 20.3. The Hall–Kier alpha value is -4.84. The lowest BCUT2D eigenvalue weighted by Gasteiger charge is -2.23. The molecule has 0 saturated carbocycles. The van der Waals surface area contributed by atoms with Gasteiger partial charge < -0.3 is 10.5 Å². The Morgan fingerprint density at radius 2 is 1.88 bits per heavy atom. The van der Waals surface area contributed by atoms with Crippen molar-refractivity contribution in [2.75, 3.05) is 17.6 Å². The number of halogens is 1. The highest BCUT2D eigenvalue weighted by Gasteiger charge is 2.40. The highest BCUT2D eigenvalue weighted by molar-refractivity contribution is 7.15. The number of ether oxygens (including phenoxy) is 1. The van der Waals surface area contributed by atoms with Crippen LogP contribution >= 0.6 is 11.3 Å². The molecule has 1 aliphatic rings. The van der Waals surface area contributed by atoms with Crippen molar-refractivity contribution >= 4 is 39.8 Å². The first-order valence-electron chi connectivity index (χ1n) is 13.4. The van der Waals surface area contributed by atoms with Gasteiger partial charge in [-0.2, -0.15) is 0 Å². The van der Waals surface area contributed by atoms with Crippen molar-refractivity contribution in [1.29, 1.82) is 0 Å². The normalized spacial score (nSPS) is 16.6. The number of nitrogens with one attached hydrogen (secondary N) is 1. The number of amides is 2. The molecule has 1 aliphatic heterocycles. The molecule has 0 unspecified atom stereocenters. The van der Waals surface area contributed by atoms with E-state index in [4.69, 9.17) is 15.5 Å². The molecule has 10 nitrogen and oxygen atoms in total. The van der Waals surface area contributed by atoms with Crippen LogP contribution in [0.1, 0.15) is 44.8 Å². The molecule has 2 aromatic carbocycles. The van der Waals surface area contributed by atoms with Crippen LogP contribution in [-0.4, -0.2) is 49.0 Å². The largest absolute Gasteiger partial charge is 0.445 e. The van der Waals surface area contributed by atoms with E-state index in [1.807, 2.05) is 44.2 Å². The molecule has 5 aromatic rings. The highest BCUT2D eigenvalue weighted by Crippen LogP contribution is 2.38. The van der Waals surface area contributed by atoms with Crippen LogP contribution in [0, 0.1) is 13.8 Å². The van der Waals surface area contributed by atoms with Gasteiger partial charge in [-0.05, 0) is 31.5 Å². The minimum atomic E-state index is -1.24. The van der Waals surface area contributed by atoms with E-state index < -0.39 is 18.3 Å². The summed E-state index contributed by atoms with van der Waals surface area (Å²) in [6.45, 7) is 3.82. The van der Waals surface area contributed by atoms with E-state index in [1.54, 1.807) is 34.9 Å². The van der Waals surface area contributed by atoms with Crippen LogP contribution in [0.4, 0.5) is 20.1 Å². The molecular formula is C30H28FN7O3S. The summed E-state index contributed by atoms with van der Waals surface area (Å²) >= 11 is 1.42. The fourth-order valence-electron chi connectivity index (χ4n) is 5.03. The molecule has 2 atom stereocenters. The first-order valence-corrected chi connectivity index (χ1v) is 14.2. The molecule has 0 bridgehead atoms. The van der Waals surface area contributed by atoms with Crippen LogP contribution in [0.3, 0.4) is 0 Å². The third-order valence-electron chi connectivity index (χ3n) is 7.27. The van der Waals surface area contributed by atoms with Gasteiger partial charge >= 0.3 is 6.09 Å². The van der Waals surface area contributed by atoms with Crippen molar-refractivity contribution < 1.29 is 18.7 Å². The third kappa shape index (κ3) is 5.28. The average Bonchev–Trinajstić information content (AvgIpc) is 3.67. The van der Waals surface area contributed by atoms with Gasteiger partial charge in [-0.15, -0.1) is 11.3 Å². The van der Waals surface area contributed by atoms with Gasteiger partial charge in [0.15, 0.2) is 5.13 Å². The zero-order chi connectivity index (χ0) is 29.4. The minimum absolute atomic E-state index is 0.0655. The van der Waals surface area contributed by atoms with Crippen LogP contribution in [0.2, 0.25) is 0 Å². The van der Waals surface area contributed by atoms with Crippen molar-refractivity contribution in [1.82, 2.24) is 24.3 Å². The lowest BCUT2D eigenvalue weighted by Crippen LogP contribution is -2.32. The topological polar surface area (TPSA) is 128 Å². The summed E-state index contributed by atoms with van der Waals surface area (Å²) in [7, 11) is 0. The van der Waals surface area contributed by atoms with Crippen molar-refractivity contribution in [3.05, 3.63) is 94.5 Å². The Balaban J connectivity index is 1.29. The maximum Gasteiger partial charge on any atom is 0.410 e. The number of thiazole rings is 1. The smallest absolute Gasteiger partial charge is 0.410 e. The molecule has 2 amide bonds. The number of fused-ring (bicyclic) bond motifs is 1. The number of carbonyl (C=O) groups excluding carboxylic acids is 2. The summed E-state index contributed by atoms with van der Waals surface area (Å²) in [4.78, 5) is 41.8. The lowest BCUT2D eigenvalue weighted by molar-refractivity contribution is 0.0893. The Kier molecular flexibility index (Phi) is 7.29. The molecule has 0 radical (unpaired) electrons. The Morgan fingerprint density at radius 1 is 1.12 bits per heavy atom. The second-order valence-corrected chi connectivity index (χ2v) is 11.3. The fourth-order valence-corrected chi connectivity index (χ4v) is 5.84. The summed E-state index contributed by atoms with van der Waals surface area (Å²) in [5.74, 6) is 0.397. The molecule has 1 saturated heterocycles. The van der Waals surface area contributed by atoms with Crippen LogP contribution in [-0.2, 0) is 11.3 Å². The van der Waals surface area contributed by atoms with Crippen LogP contribution in [0.15, 0.2) is 67.0 Å². The van der Waals surface area contributed by atoms with Gasteiger partial charge in [0.25, 0.3) is 5.91 Å². The quantitative estimate of drug-likeness (QED) is 0.261. The Morgan fingerprint density at radius 3 is 2.60 bits per heavy atom. The number of alkyl halides is 1.